The second-order valence-electron chi connectivity index (χ2n) is 8.74. The first-order chi connectivity index (χ1) is 13.5. The largest absolute Gasteiger partial charge is 0.378 e. The number of anilines is 1. The van der Waals surface area contributed by atoms with Gasteiger partial charge in [-0.05, 0) is 55.0 Å². The molecule has 3 nitrogen and oxygen atoms in total. The second kappa shape index (κ2) is 9.58. The van der Waals surface area contributed by atoms with Crippen LogP contribution in [0.5, 0.6) is 0 Å². The number of ether oxygens (including phenoxy) is 1. The Kier molecular flexibility index (Phi) is 7.14. The van der Waals surface area contributed by atoms with E-state index in [0.29, 0.717) is 12.0 Å². The molecular formula is C25H36N2O. The first-order valence-electron chi connectivity index (χ1n) is 10.6. The summed E-state index contributed by atoms with van der Waals surface area (Å²) >= 11 is 0. The summed E-state index contributed by atoms with van der Waals surface area (Å²) in [4.78, 5) is 2.14. The van der Waals surface area contributed by atoms with Gasteiger partial charge in [0.15, 0.2) is 0 Å². The highest BCUT2D eigenvalue weighted by Gasteiger charge is 2.38. The molecule has 1 heterocycles. The van der Waals surface area contributed by atoms with Crippen LogP contribution in [-0.2, 0) is 16.7 Å². The zero-order valence-electron chi connectivity index (χ0n) is 17.9. The monoisotopic (exact) mass is 380 g/mol. The zero-order chi connectivity index (χ0) is 20.0. The quantitative estimate of drug-likeness (QED) is 0.652. The third-order valence-electron chi connectivity index (χ3n) is 6.20. The Labute approximate surface area is 171 Å². The standard InChI is InChI=1S/C25H36N2O/c1-20(2)24-18-25(15-17-28-24,22-8-6-5-7-9-22)14-16-26-19-21-10-12-23(13-11-21)27(3)4/h5-13,20,24,26H,14-19H2,1-4H3/t24-,25+/m0/s1. The molecule has 1 aliphatic rings. The first kappa shape index (κ1) is 20.9. The van der Waals surface area contributed by atoms with Gasteiger partial charge in [-0.1, -0.05) is 56.3 Å². The summed E-state index contributed by atoms with van der Waals surface area (Å²) in [6.45, 7) is 7.37. The SMILES string of the molecule is CC(C)[C@@H]1C[C@](CCNCc2ccc(N(C)C)cc2)(c2ccccc2)CCO1. The van der Waals surface area contributed by atoms with E-state index >= 15 is 0 Å². The smallest absolute Gasteiger partial charge is 0.0606 e. The van der Waals surface area contributed by atoms with Gasteiger partial charge in [0.25, 0.3) is 0 Å². The van der Waals surface area contributed by atoms with Gasteiger partial charge < -0.3 is 15.0 Å². The number of rotatable bonds is 8. The van der Waals surface area contributed by atoms with Crippen LogP contribution in [-0.4, -0.2) is 33.4 Å². The van der Waals surface area contributed by atoms with Gasteiger partial charge in [0.05, 0.1) is 6.10 Å². The van der Waals surface area contributed by atoms with Crippen LogP contribution in [0.4, 0.5) is 5.69 Å². The predicted molar refractivity (Wildman–Crippen MR) is 119 cm³/mol. The van der Waals surface area contributed by atoms with Crippen LogP contribution >= 0.6 is 0 Å². The van der Waals surface area contributed by atoms with Crippen molar-refractivity contribution in [3.05, 3.63) is 65.7 Å². The van der Waals surface area contributed by atoms with Crippen LogP contribution in [0.2, 0.25) is 0 Å². The van der Waals surface area contributed by atoms with Crippen molar-refractivity contribution in [3.63, 3.8) is 0 Å². The molecule has 28 heavy (non-hydrogen) atoms. The average molecular weight is 381 g/mol. The molecule has 0 aliphatic carbocycles. The van der Waals surface area contributed by atoms with Crippen molar-refractivity contribution < 1.29 is 4.74 Å². The maximum absolute atomic E-state index is 6.10. The van der Waals surface area contributed by atoms with Crippen LogP contribution in [0, 0.1) is 5.92 Å². The number of hydrogen-bond donors (Lipinski definition) is 1. The van der Waals surface area contributed by atoms with E-state index in [1.165, 1.54) is 16.8 Å². The third-order valence-corrected chi connectivity index (χ3v) is 6.20. The molecular weight excluding hydrogens is 344 g/mol. The van der Waals surface area contributed by atoms with Crippen LogP contribution in [0.25, 0.3) is 0 Å². The molecule has 2 aromatic rings. The zero-order valence-corrected chi connectivity index (χ0v) is 17.9. The summed E-state index contributed by atoms with van der Waals surface area (Å²) in [6.07, 6.45) is 3.74. The molecule has 0 amide bonds. The van der Waals surface area contributed by atoms with Gasteiger partial charge in [0.2, 0.25) is 0 Å². The maximum atomic E-state index is 6.10. The van der Waals surface area contributed by atoms with Crippen molar-refractivity contribution in [1.29, 1.82) is 0 Å². The lowest BCUT2D eigenvalue weighted by atomic mass is 9.68. The first-order valence-corrected chi connectivity index (χ1v) is 10.6. The van der Waals surface area contributed by atoms with Crippen molar-refractivity contribution in [2.24, 2.45) is 5.92 Å². The van der Waals surface area contributed by atoms with Gasteiger partial charge in [-0.2, -0.15) is 0 Å². The van der Waals surface area contributed by atoms with E-state index in [9.17, 15) is 0 Å². The van der Waals surface area contributed by atoms with Crippen LogP contribution in [0.15, 0.2) is 54.6 Å². The molecule has 0 unspecified atom stereocenters. The van der Waals surface area contributed by atoms with E-state index in [-0.39, 0.29) is 5.41 Å². The summed E-state index contributed by atoms with van der Waals surface area (Å²) in [5.41, 5.74) is 4.28. The molecule has 1 aliphatic heterocycles. The van der Waals surface area contributed by atoms with Gasteiger partial charge in [-0.15, -0.1) is 0 Å². The van der Waals surface area contributed by atoms with E-state index in [0.717, 1.165) is 39.0 Å². The molecule has 0 bridgehead atoms. The topological polar surface area (TPSA) is 24.5 Å². The molecule has 2 aromatic carbocycles. The van der Waals surface area contributed by atoms with Crippen molar-refractivity contribution in [1.82, 2.24) is 5.32 Å². The lowest BCUT2D eigenvalue weighted by molar-refractivity contribution is -0.0469. The molecule has 1 saturated heterocycles. The Balaban J connectivity index is 1.62. The molecule has 0 saturated carbocycles. The number of hydrogen-bond acceptors (Lipinski definition) is 3. The fourth-order valence-corrected chi connectivity index (χ4v) is 4.28. The fourth-order valence-electron chi connectivity index (χ4n) is 4.28. The van der Waals surface area contributed by atoms with Crippen LogP contribution in [0.1, 0.15) is 44.2 Å². The van der Waals surface area contributed by atoms with Crippen LogP contribution in [0.3, 0.4) is 0 Å². The van der Waals surface area contributed by atoms with Crippen LogP contribution < -0.4 is 10.2 Å². The Morgan fingerprint density at radius 3 is 2.43 bits per heavy atom. The highest BCUT2D eigenvalue weighted by molar-refractivity contribution is 5.45. The molecule has 0 spiro atoms. The Hall–Kier alpha value is -1.84. The number of benzene rings is 2. The Bertz CT molecular complexity index is 711. The minimum absolute atomic E-state index is 0.218. The normalized spacial score (nSPS) is 22.4. The fraction of sp³-hybridized carbons (Fsp3) is 0.520. The number of nitrogens with zero attached hydrogens (tertiary/aromatic N) is 1. The van der Waals surface area contributed by atoms with Crippen molar-refractivity contribution in [2.75, 3.05) is 32.1 Å². The summed E-state index contributed by atoms with van der Waals surface area (Å²) in [5, 5.41) is 3.68. The van der Waals surface area contributed by atoms with Gasteiger partial charge >= 0.3 is 0 Å². The Morgan fingerprint density at radius 2 is 1.79 bits per heavy atom. The Morgan fingerprint density at radius 1 is 1.07 bits per heavy atom. The summed E-state index contributed by atoms with van der Waals surface area (Å²) in [7, 11) is 4.16. The van der Waals surface area contributed by atoms with E-state index in [2.05, 4.69) is 92.8 Å². The molecule has 1 N–H and O–H groups in total. The van der Waals surface area contributed by atoms with Gasteiger partial charge in [0, 0.05) is 38.3 Å². The lowest BCUT2D eigenvalue weighted by Crippen LogP contribution is -2.42. The number of nitrogens with one attached hydrogen (secondary N) is 1. The minimum Gasteiger partial charge on any atom is -0.378 e. The highest BCUT2D eigenvalue weighted by Crippen LogP contribution is 2.41. The molecule has 0 aromatic heterocycles. The predicted octanol–water partition coefficient (Wildman–Crippen LogP) is 5.01. The molecule has 152 valence electrons. The third kappa shape index (κ3) is 5.15. The average Bonchev–Trinajstić information content (AvgIpc) is 2.72. The second-order valence-corrected chi connectivity index (χ2v) is 8.74. The van der Waals surface area contributed by atoms with E-state index in [1.807, 2.05) is 0 Å². The van der Waals surface area contributed by atoms with Crippen molar-refractivity contribution in [3.8, 4) is 0 Å². The van der Waals surface area contributed by atoms with Crippen molar-refractivity contribution >= 4 is 5.69 Å². The van der Waals surface area contributed by atoms with Gasteiger partial charge in [-0.3, -0.25) is 0 Å². The van der Waals surface area contributed by atoms with Gasteiger partial charge in [0.1, 0.15) is 0 Å². The molecule has 3 heteroatoms. The highest BCUT2D eigenvalue weighted by atomic mass is 16.5. The summed E-state index contributed by atoms with van der Waals surface area (Å²) in [6, 6.07) is 19.9. The molecule has 1 fully saturated rings. The molecule has 0 radical (unpaired) electrons. The van der Waals surface area contributed by atoms with E-state index in [4.69, 9.17) is 4.74 Å². The van der Waals surface area contributed by atoms with E-state index in [1.54, 1.807) is 0 Å². The van der Waals surface area contributed by atoms with Gasteiger partial charge in [-0.25, -0.2) is 0 Å². The molecule has 3 rings (SSSR count). The maximum Gasteiger partial charge on any atom is 0.0606 e. The minimum atomic E-state index is 0.218. The lowest BCUT2D eigenvalue weighted by Gasteiger charge is -2.43. The van der Waals surface area contributed by atoms with E-state index < -0.39 is 0 Å². The van der Waals surface area contributed by atoms with Crippen molar-refractivity contribution in [2.45, 2.75) is 51.2 Å². The summed E-state index contributed by atoms with van der Waals surface area (Å²) in [5.74, 6) is 0.562. The molecule has 2 atom stereocenters. The summed E-state index contributed by atoms with van der Waals surface area (Å²) < 4.78 is 6.10.